The molecule has 3 nitrogen and oxygen atoms in total. The van der Waals surface area contributed by atoms with Gasteiger partial charge < -0.3 is 10.8 Å². The summed E-state index contributed by atoms with van der Waals surface area (Å²) < 4.78 is 0. The number of carboxylic acids is 1. The van der Waals surface area contributed by atoms with Crippen LogP contribution in [0.3, 0.4) is 0 Å². The summed E-state index contributed by atoms with van der Waals surface area (Å²) in [6.07, 6.45) is 1.79. The van der Waals surface area contributed by atoms with E-state index in [2.05, 4.69) is 12.3 Å². The fourth-order valence-corrected chi connectivity index (χ4v) is 0.311. The largest absolute Gasteiger partial charge is 0.480 e. The molecule has 3 heteroatoms. The Balaban J connectivity index is 3.63. The van der Waals surface area contributed by atoms with Crippen LogP contribution in [0, 0.1) is 0 Å². The van der Waals surface area contributed by atoms with Gasteiger partial charge in [-0.15, -0.1) is 5.73 Å². The molecule has 0 amide bonds. The summed E-state index contributed by atoms with van der Waals surface area (Å²) in [4.78, 5) is 10.0. The predicted molar refractivity (Wildman–Crippen MR) is 33.9 cm³/mol. The van der Waals surface area contributed by atoms with E-state index >= 15 is 0 Å². The van der Waals surface area contributed by atoms with Gasteiger partial charge in [0.05, 0.1) is 0 Å². The van der Waals surface area contributed by atoms with Crippen LogP contribution < -0.4 is 5.73 Å². The molecule has 0 spiro atoms. The minimum absolute atomic E-state index is 0.291. The number of carboxylic acid groups (broad SMARTS) is 1. The van der Waals surface area contributed by atoms with Crippen molar-refractivity contribution < 1.29 is 9.90 Å². The second kappa shape index (κ2) is 3.89. The van der Waals surface area contributed by atoms with Gasteiger partial charge in [-0.25, -0.2) is 0 Å². The molecular weight excluding hydrogens is 118 g/mol. The van der Waals surface area contributed by atoms with E-state index in [4.69, 9.17) is 10.8 Å². The van der Waals surface area contributed by atoms with Gasteiger partial charge in [-0.05, 0) is 12.5 Å². The zero-order chi connectivity index (χ0) is 7.28. The molecule has 0 heterocycles. The Hall–Kier alpha value is -1.05. The van der Waals surface area contributed by atoms with Crippen molar-refractivity contribution in [2.24, 2.45) is 5.73 Å². The highest BCUT2D eigenvalue weighted by Crippen LogP contribution is 1.87. The van der Waals surface area contributed by atoms with Crippen LogP contribution in [0.25, 0.3) is 0 Å². The smallest absolute Gasteiger partial charge is 0.320 e. The molecule has 0 aromatic carbocycles. The van der Waals surface area contributed by atoms with Crippen LogP contribution in [-0.2, 0) is 4.79 Å². The first-order valence-corrected chi connectivity index (χ1v) is 2.51. The SMILES string of the molecule is C=C=CC[C@@H](N)C(=O)O. The van der Waals surface area contributed by atoms with Crippen molar-refractivity contribution in [3.8, 4) is 0 Å². The highest BCUT2D eigenvalue weighted by molar-refractivity contribution is 5.73. The topological polar surface area (TPSA) is 63.3 Å². The van der Waals surface area contributed by atoms with Crippen LogP contribution in [0.4, 0.5) is 0 Å². The Morgan fingerprint density at radius 3 is 2.89 bits per heavy atom. The summed E-state index contributed by atoms with van der Waals surface area (Å²) in [5, 5.41) is 8.22. The van der Waals surface area contributed by atoms with Crippen LogP contribution in [0.5, 0.6) is 0 Å². The van der Waals surface area contributed by atoms with Crippen molar-refractivity contribution in [1.82, 2.24) is 0 Å². The fraction of sp³-hybridized carbons (Fsp3) is 0.333. The lowest BCUT2D eigenvalue weighted by Gasteiger charge is -1.98. The van der Waals surface area contributed by atoms with Crippen molar-refractivity contribution in [2.75, 3.05) is 0 Å². The minimum Gasteiger partial charge on any atom is -0.480 e. The number of aliphatic carboxylic acids is 1. The lowest BCUT2D eigenvalue weighted by molar-refractivity contribution is -0.138. The third-order valence-corrected chi connectivity index (χ3v) is 0.833. The van der Waals surface area contributed by atoms with E-state index < -0.39 is 12.0 Å². The molecule has 0 fully saturated rings. The van der Waals surface area contributed by atoms with Crippen molar-refractivity contribution >= 4 is 5.97 Å². The van der Waals surface area contributed by atoms with Gasteiger partial charge in [0.25, 0.3) is 0 Å². The van der Waals surface area contributed by atoms with Gasteiger partial charge in [0, 0.05) is 0 Å². The Labute approximate surface area is 53.5 Å². The molecule has 0 aliphatic rings. The third kappa shape index (κ3) is 3.53. The molecule has 0 aromatic heterocycles. The summed E-state index contributed by atoms with van der Waals surface area (Å²) in [6, 6.07) is -0.820. The van der Waals surface area contributed by atoms with Crippen LogP contribution in [0.2, 0.25) is 0 Å². The molecule has 1 atom stereocenters. The first-order chi connectivity index (χ1) is 4.18. The molecule has 0 aliphatic carbocycles. The lowest BCUT2D eigenvalue weighted by atomic mass is 10.2. The molecule has 9 heavy (non-hydrogen) atoms. The van der Waals surface area contributed by atoms with Gasteiger partial charge in [0.2, 0.25) is 0 Å². The highest BCUT2D eigenvalue weighted by Gasteiger charge is 2.07. The number of carbonyl (C=O) groups is 1. The van der Waals surface area contributed by atoms with Crippen LogP contribution in [-0.4, -0.2) is 17.1 Å². The summed E-state index contributed by atoms with van der Waals surface area (Å²) >= 11 is 0. The highest BCUT2D eigenvalue weighted by atomic mass is 16.4. The molecule has 0 unspecified atom stereocenters. The average molecular weight is 127 g/mol. The monoisotopic (exact) mass is 127 g/mol. The molecule has 0 aliphatic heterocycles. The van der Waals surface area contributed by atoms with Gasteiger partial charge in [0.15, 0.2) is 0 Å². The van der Waals surface area contributed by atoms with Crippen molar-refractivity contribution in [1.29, 1.82) is 0 Å². The van der Waals surface area contributed by atoms with Crippen molar-refractivity contribution in [3.63, 3.8) is 0 Å². The summed E-state index contributed by atoms with van der Waals surface area (Å²) in [6.45, 7) is 3.26. The minimum atomic E-state index is -0.999. The first kappa shape index (κ1) is 7.95. The van der Waals surface area contributed by atoms with Crippen molar-refractivity contribution in [2.45, 2.75) is 12.5 Å². The van der Waals surface area contributed by atoms with E-state index in [1.54, 1.807) is 0 Å². The maximum Gasteiger partial charge on any atom is 0.320 e. The second-order valence-electron chi connectivity index (χ2n) is 1.59. The molecule has 0 saturated heterocycles. The van der Waals surface area contributed by atoms with E-state index in [1.165, 1.54) is 6.08 Å². The third-order valence-electron chi connectivity index (χ3n) is 0.833. The van der Waals surface area contributed by atoms with Crippen LogP contribution >= 0.6 is 0 Å². The van der Waals surface area contributed by atoms with Gasteiger partial charge in [-0.3, -0.25) is 4.79 Å². The number of nitrogens with two attached hydrogens (primary N) is 1. The summed E-state index contributed by atoms with van der Waals surface area (Å²) in [5.74, 6) is -0.999. The van der Waals surface area contributed by atoms with E-state index in [0.29, 0.717) is 6.42 Å². The van der Waals surface area contributed by atoms with Gasteiger partial charge in [-0.2, -0.15) is 0 Å². The Kier molecular flexibility index (Phi) is 3.44. The van der Waals surface area contributed by atoms with E-state index in [1.807, 2.05) is 0 Å². The standard InChI is InChI=1S/C6H9NO2/c1-2-3-4-5(7)6(8)9/h3,5H,1,4,7H2,(H,8,9)/t5-/m1/s1. The zero-order valence-corrected chi connectivity index (χ0v) is 5.00. The number of hydrogen-bond acceptors (Lipinski definition) is 2. The Bertz CT molecular complexity index is 147. The fourth-order valence-electron chi connectivity index (χ4n) is 0.311. The molecule has 0 saturated carbocycles. The number of rotatable bonds is 3. The maximum atomic E-state index is 10.0. The van der Waals surface area contributed by atoms with Gasteiger partial charge in [-0.1, -0.05) is 6.58 Å². The van der Waals surface area contributed by atoms with Gasteiger partial charge in [0.1, 0.15) is 6.04 Å². The Morgan fingerprint density at radius 1 is 2.00 bits per heavy atom. The number of hydrogen-bond donors (Lipinski definition) is 2. The predicted octanol–water partition coefficient (Wildman–Crippen LogP) is 0.129. The summed E-state index contributed by atoms with van der Waals surface area (Å²) in [5.41, 5.74) is 7.54. The van der Waals surface area contributed by atoms with Crippen LogP contribution in [0.15, 0.2) is 18.4 Å². The van der Waals surface area contributed by atoms with E-state index in [9.17, 15) is 4.79 Å². The molecule has 0 radical (unpaired) electrons. The van der Waals surface area contributed by atoms with E-state index in [0.717, 1.165) is 0 Å². The zero-order valence-electron chi connectivity index (χ0n) is 5.00. The molecule has 0 bridgehead atoms. The lowest BCUT2D eigenvalue weighted by Crippen LogP contribution is -2.28. The summed E-state index contributed by atoms with van der Waals surface area (Å²) in [7, 11) is 0. The Morgan fingerprint density at radius 2 is 2.56 bits per heavy atom. The molecular formula is C6H9NO2. The van der Waals surface area contributed by atoms with Crippen molar-refractivity contribution in [3.05, 3.63) is 18.4 Å². The normalized spacial score (nSPS) is 11.7. The van der Waals surface area contributed by atoms with E-state index in [-0.39, 0.29) is 0 Å². The quantitative estimate of drug-likeness (QED) is 0.529. The molecule has 50 valence electrons. The van der Waals surface area contributed by atoms with Gasteiger partial charge >= 0.3 is 5.97 Å². The average Bonchev–Trinajstić information content (AvgIpc) is 1.82. The maximum absolute atomic E-state index is 10.0. The van der Waals surface area contributed by atoms with Crippen LogP contribution in [0.1, 0.15) is 6.42 Å². The first-order valence-electron chi connectivity index (χ1n) is 2.51. The molecule has 3 N–H and O–H groups in total. The second-order valence-corrected chi connectivity index (χ2v) is 1.59. The molecule has 0 aromatic rings. The molecule has 0 rings (SSSR count).